The molecule has 0 atom stereocenters. The molecule has 0 saturated heterocycles. The van der Waals surface area contributed by atoms with E-state index >= 15 is 0 Å². The van der Waals surface area contributed by atoms with E-state index in [0.717, 1.165) is 0 Å². The standard InChI is InChI=1S/C11H15Cl3N2O2/c1-6-7(18-5)8(10(2,3)4)15-9(16(6)17)11(12,13)14/h1-5H3. The van der Waals surface area contributed by atoms with Crippen LogP contribution in [0, 0.1) is 12.1 Å². The monoisotopic (exact) mass is 312 g/mol. The summed E-state index contributed by atoms with van der Waals surface area (Å²) in [5, 5.41) is 12.0. The van der Waals surface area contributed by atoms with Crippen LogP contribution in [0.25, 0.3) is 0 Å². The molecular weight excluding hydrogens is 298 g/mol. The van der Waals surface area contributed by atoms with Gasteiger partial charge in [-0.2, -0.15) is 0 Å². The maximum atomic E-state index is 12.0. The molecule has 0 aliphatic carbocycles. The SMILES string of the molecule is COc1c(C(C)(C)C)nc(C(Cl)(Cl)Cl)[n+]([O-])c1C. The molecule has 0 spiro atoms. The molecule has 0 N–H and O–H groups in total. The van der Waals surface area contributed by atoms with Crippen molar-refractivity contribution in [3.05, 3.63) is 22.4 Å². The van der Waals surface area contributed by atoms with Crippen LogP contribution in [0.1, 0.15) is 38.0 Å². The molecule has 0 amide bonds. The molecule has 4 nitrogen and oxygen atoms in total. The lowest BCUT2D eigenvalue weighted by molar-refractivity contribution is -0.625. The molecule has 1 heterocycles. The molecule has 0 unspecified atom stereocenters. The second kappa shape index (κ2) is 4.91. The maximum Gasteiger partial charge on any atom is 0.354 e. The number of hydrogen-bond acceptors (Lipinski definition) is 3. The Kier molecular flexibility index (Phi) is 4.26. The topological polar surface area (TPSA) is 49.1 Å². The third-order valence-electron chi connectivity index (χ3n) is 2.43. The van der Waals surface area contributed by atoms with Crippen molar-refractivity contribution in [1.29, 1.82) is 0 Å². The Balaban J connectivity index is 3.68. The number of rotatable bonds is 1. The minimum Gasteiger partial charge on any atom is -0.710 e. The summed E-state index contributed by atoms with van der Waals surface area (Å²) in [5.41, 5.74) is 0.560. The minimum atomic E-state index is -1.88. The van der Waals surface area contributed by atoms with Crippen molar-refractivity contribution in [1.82, 2.24) is 4.98 Å². The predicted octanol–water partition coefficient (Wildman–Crippen LogP) is 3.16. The molecule has 0 radical (unpaired) electrons. The highest BCUT2D eigenvalue weighted by atomic mass is 35.6. The Bertz CT molecular complexity index is 465. The minimum absolute atomic E-state index is 0.171. The second-order valence-corrected chi connectivity index (χ2v) is 7.23. The van der Waals surface area contributed by atoms with Gasteiger partial charge in [0.05, 0.1) is 7.11 Å². The summed E-state index contributed by atoms with van der Waals surface area (Å²) in [7, 11) is 1.48. The third-order valence-corrected chi connectivity index (χ3v) is 2.93. The van der Waals surface area contributed by atoms with E-state index in [0.29, 0.717) is 21.9 Å². The van der Waals surface area contributed by atoms with Crippen LogP contribution in [0.2, 0.25) is 0 Å². The van der Waals surface area contributed by atoms with Gasteiger partial charge in [-0.05, 0) is 4.98 Å². The van der Waals surface area contributed by atoms with Crippen LogP contribution < -0.4 is 9.47 Å². The first-order valence-electron chi connectivity index (χ1n) is 5.26. The molecule has 1 aromatic rings. The van der Waals surface area contributed by atoms with Crippen LogP contribution >= 0.6 is 34.8 Å². The molecule has 18 heavy (non-hydrogen) atoms. The smallest absolute Gasteiger partial charge is 0.354 e. The molecule has 0 saturated carbocycles. The first kappa shape index (κ1) is 15.6. The van der Waals surface area contributed by atoms with Gasteiger partial charge in [0.25, 0.3) is 3.79 Å². The highest BCUT2D eigenvalue weighted by molar-refractivity contribution is 6.66. The lowest BCUT2D eigenvalue weighted by Crippen LogP contribution is -2.42. The number of aromatic nitrogens is 2. The second-order valence-electron chi connectivity index (χ2n) is 4.94. The summed E-state index contributed by atoms with van der Waals surface area (Å²) in [4.78, 5) is 4.18. The fraction of sp³-hybridized carbons (Fsp3) is 0.636. The zero-order valence-corrected chi connectivity index (χ0v) is 13.1. The summed E-state index contributed by atoms with van der Waals surface area (Å²) in [6.45, 7) is 7.42. The molecular formula is C11H15Cl3N2O2. The predicted molar refractivity (Wildman–Crippen MR) is 72.4 cm³/mol. The Morgan fingerprint density at radius 2 is 1.72 bits per heavy atom. The average molecular weight is 314 g/mol. The summed E-state index contributed by atoms with van der Waals surface area (Å²) < 4.78 is 3.85. The van der Waals surface area contributed by atoms with Gasteiger partial charge in [0.15, 0.2) is 0 Å². The molecule has 0 aromatic carbocycles. The van der Waals surface area contributed by atoms with Gasteiger partial charge in [-0.1, -0.05) is 55.6 Å². The highest BCUT2D eigenvalue weighted by Gasteiger charge is 2.40. The van der Waals surface area contributed by atoms with Crippen LogP contribution in [-0.2, 0) is 9.21 Å². The Morgan fingerprint density at radius 3 is 2.06 bits per heavy atom. The van der Waals surface area contributed by atoms with Gasteiger partial charge in [-0.25, -0.2) is 4.73 Å². The zero-order chi connectivity index (χ0) is 14.3. The van der Waals surface area contributed by atoms with Crippen LogP contribution in [0.5, 0.6) is 5.75 Å². The number of methoxy groups -OCH3 is 1. The number of nitrogens with zero attached hydrogens (tertiary/aromatic N) is 2. The fourth-order valence-corrected chi connectivity index (χ4v) is 1.91. The van der Waals surface area contributed by atoms with Gasteiger partial charge in [0, 0.05) is 12.3 Å². The number of ether oxygens (including phenoxy) is 1. The lowest BCUT2D eigenvalue weighted by atomic mass is 9.90. The summed E-state index contributed by atoms with van der Waals surface area (Å²) in [6.07, 6.45) is 0. The average Bonchev–Trinajstić information content (AvgIpc) is 2.17. The summed E-state index contributed by atoms with van der Waals surface area (Å²) in [5.74, 6) is 0.242. The van der Waals surface area contributed by atoms with Crippen molar-refractivity contribution in [3.63, 3.8) is 0 Å². The normalized spacial score (nSPS) is 12.7. The number of alkyl halides is 3. The molecule has 0 aliphatic heterocycles. The van der Waals surface area contributed by atoms with Crippen LogP contribution in [0.15, 0.2) is 0 Å². The number of halogens is 3. The molecule has 0 bridgehead atoms. The molecule has 0 fully saturated rings. The Morgan fingerprint density at radius 1 is 1.22 bits per heavy atom. The van der Waals surface area contributed by atoms with E-state index in [9.17, 15) is 5.21 Å². The van der Waals surface area contributed by atoms with Crippen LogP contribution in [-0.4, -0.2) is 12.1 Å². The van der Waals surface area contributed by atoms with Crippen molar-refractivity contribution < 1.29 is 9.47 Å². The Hall–Kier alpha value is -0.450. The summed E-state index contributed by atoms with van der Waals surface area (Å²) >= 11 is 17.3. The van der Waals surface area contributed by atoms with Gasteiger partial charge < -0.3 is 9.94 Å². The Labute approximate surface area is 121 Å². The third kappa shape index (κ3) is 2.92. The van der Waals surface area contributed by atoms with E-state index in [-0.39, 0.29) is 11.2 Å². The zero-order valence-electron chi connectivity index (χ0n) is 10.8. The molecule has 102 valence electrons. The van der Waals surface area contributed by atoms with Crippen LogP contribution in [0.3, 0.4) is 0 Å². The van der Waals surface area contributed by atoms with Crippen molar-refractivity contribution in [2.24, 2.45) is 0 Å². The van der Waals surface area contributed by atoms with Crippen molar-refractivity contribution in [2.75, 3.05) is 7.11 Å². The molecule has 7 heteroatoms. The molecule has 1 rings (SSSR count). The van der Waals surface area contributed by atoms with Gasteiger partial charge in [-0.3, -0.25) is 0 Å². The van der Waals surface area contributed by atoms with E-state index in [1.807, 2.05) is 20.8 Å². The lowest BCUT2D eigenvalue weighted by Gasteiger charge is -2.22. The van der Waals surface area contributed by atoms with Gasteiger partial charge in [0.1, 0.15) is 5.69 Å². The quantitative estimate of drug-likeness (QED) is 0.454. The van der Waals surface area contributed by atoms with E-state index in [1.165, 1.54) is 7.11 Å². The first-order chi connectivity index (χ1) is 8.00. The fourth-order valence-electron chi connectivity index (χ4n) is 1.56. The van der Waals surface area contributed by atoms with E-state index in [2.05, 4.69) is 4.98 Å². The first-order valence-corrected chi connectivity index (χ1v) is 6.39. The van der Waals surface area contributed by atoms with Gasteiger partial charge >= 0.3 is 5.82 Å². The molecule has 1 aromatic heterocycles. The van der Waals surface area contributed by atoms with Gasteiger partial charge in [-0.15, -0.1) is 0 Å². The van der Waals surface area contributed by atoms with E-state index in [4.69, 9.17) is 39.5 Å². The maximum absolute atomic E-state index is 12.0. The van der Waals surface area contributed by atoms with E-state index < -0.39 is 3.79 Å². The van der Waals surface area contributed by atoms with E-state index in [1.54, 1.807) is 6.92 Å². The van der Waals surface area contributed by atoms with Crippen molar-refractivity contribution >= 4 is 34.8 Å². The van der Waals surface area contributed by atoms with Crippen LogP contribution in [0.4, 0.5) is 0 Å². The largest absolute Gasteiger partial charge is 0.710 e. The van der Waals surface area contributed by atoms with Crippen molar-refractivity contribution in [2.45, 2.75) is 36.9 Å². The van der Waals surface area contributed by atoms with Gasteiger partial charge in [0.2, 0.25) is 11.4 Å². The summed E-state index contributed by atoms with van der Waals surface area (Å²) in [6, 6.07) is 0. The number of hydrogen-bond donors (Lipinski definition) is 0. The highest BCUT2D eigenvalue weighted by Crippen LogP contribution is 2.38. The van der Waals surface area contributed by atoms with Crippen molar-refractivity contribution in [3.8, 4) is 5.75 Å². The molecule has 0 aliphatic rings.